The molecule has 1 fully saturated rings. The van der Waals surface area contributed by atoms with Crippen molar-refractivity contribution in [2.45, 2.75) is 12.8 Å². The van der Waals surface area contributed by atoms with E-state index in [1.807, 2.05) is 54.6 Å². The van der Waals surface area contributed by atoms with E-state index in [2.05, 4.69) is 10.6 Å². The SMILES string of the molecule is O=C(NCC1(CO)CCOCC1)Nc1ccccc1-c1ccccc1. The van der Waals surface area contributed by atoms with Crippen LogP contribution < -0.4 is 10.6 Å². The maximum atomic E-state index is 12.4. The first-order chi connectivity index (χ1) is 12.2. The summed E-state index contributed by atoms with van der Waals surface area (Å²) in [7, 11) is 0. The van der Waals surface area contributed by atoms with Gasteiger partial charge in [-0.15, -0.1) is 0 Å². The van der Waals surface area contributed by atoms with E-state index in [1.165, 1.54) is 0 Å². The number of urea groups is 1. The Balaban J connectivity index is 1.65. The standard InChI is InChI=1S/C20H24N2O3/c23-15-20(10-12-25-13-11-20)14-21-19(24)22-18-9-5-4-8-17(18)16-6-2-1-3-7-16/h1-9,23H,10-15H2,(H2,21,22,24). The van der Waals surface area contributed by atoms with Crippen molar-refractivity contribution in [2.75, 3.05) is 31.7 Å². The molecule has 5 nitrogen and oxygen atoms in total. The predicted molar refractivity (Wildman–Crippen MR) is 98.5 cm³/mol. The van der Waals surface area contributed by atoms with Gasteiger partial charge in [0.1, 0.15) is 0 Å². The molecule has 0 spiro atoms. The van der Waals surface area contributed by atoms with Crippen LogP contribution in [-0.4, -0.2) is 37.5 Å². The maximum Gasteiger partial charge on any atom is 0.319 e. The molecule has 3 rings (SSSR count). The number of ether oxygens (including phenoxy) is 1. The van der Waals surface area contributed by atoms with Crippen LogP contribution in [0.25, 0.3) is 11.1 Å². The largest absolute Gasteiger partial charge is 0.396 e. The van der Waals surface area contributed by atoms with E-state index >= 15 is 0 Å². The zero-order valence-electron chi connectivity index (χ0n) is 14.2. The summed E-state index contributed by atoms with van der Waals surface area (Å²) in [5.74, 6) is 0. The van der Waals surface area contributed by atoms with Gasteiger partial charge in [0.25, 0.3) is 0 Å². The number of amides is 2. The number of hydrogen-bond acceptors (Lipinski definition) is 3. The molecule has 2 amide bonds. The van der Waals surface area contributed by atoms with Crippen molar-refractivity contribution in [3.63, 3.8) is 0 Å². The molecule has 1 aliphatic rings. The van der Waals surface area contributed by atoms with Gasteiger partial charge in [-0.1, -0.05) is 48.5 Å². The fraction of sp³-hybridized carbons (Fsp3) is 0.350. The van der Waals surface area contributed by atoms with Crippen molar-refractivity contribution in [3.05, 3.63) is 54.6 Å². The Morgan fingerprint density at radius 1 is 1.04 bits per heavy atom. The van der Waals surface area contributed by atoms with Crippen LogP contribution in [0.3, 0.4) is 0 Å². The molecule has 25 heavy (non-hydrogen) atoms. The molecule has 1 heterocycles. The first-order valence-electron chi connectivity index (χ1n) is 8.60. The minimum atomic E-state index is -0.283. The summed E-state index contributed by atoms with van der Waals surface area (Å²) in [6, 6.07) is 17.4. The average Bonchev–Trinajstić information content (AvgIpc) is 2.68. The second kappa shape index (κ2) is 8.14. The van der Waals surface area contributed by atoms with Gasteiger partial charge >= 0.3 is 6.03 Å². The maximum absolute atomic E-state index is 12.4. The summed E-state index contributed by atoms with van der Waals surface area (Å²) in [5.41, 5.74) is 2.50. The van der Waals surface area contributed by atoms with Crippen LogP contribution in [0.4, 0.5) is 10.5 Å². The molecule has 0 atom stereocenters. The average molecular weight is 340 g/mol. The normalized spacial score (nSPS) is 16.2. The molecule has 132 valence electrons. The van der Waals surface area contributed by atoms with E-state index in [4.69, 9.17) is 4.74 Å². The zero-order chi connectivity index (χ0) is 17.5. The predicted octanol–water partition coefficient (Wildman–Crippen LogP) is 3.26. The molecule has 3 N–H and O–H groups in total. The molecule has 2 aromatic carbocycles. The van der Waals surface area contributed by atoms with E-state index in [0.29, 0.717) is 19.8 Å². The molecule has 0 radical (unpaired) electrons. The third-order valence-electron chi connectivity index (χ3n) is 4.77. The third-order valence-corrected chi connectivity index (χ3v) is 4.77. The fourth-order valence-corrected chi connectivity index (χ4v) is 3.09. The van der Waals surface area contributed by atoms with Gasteiger partial charge in [0.15, 0.2) is 0 Å². The van der Waals surface area contributed by atoms with Crippen molar-refractivity contribution in [2.24, 2.45) is 5.41 Å². The lowest BCUT2D eigenvalue weighted by Gasteiger charge is -2.35. The molecule has 5 heteroatoms. The molecular weight excluding hydrogens is 316 g/mol. The summed E-state index contributed by atoms with van der Waals surface area (Å²) < 4.78 is 5.35. The molecule has 0 saturated carbocycles. The summed E-state index contributed by atoms with van der Waals surface area (Å²) in [6.45, 7) is 1.74. The summed E-state index contributed by atoms with van der Waals surface area (Å²) >= 11 is 0. The Labute approximate surface area is 148 Å². The lowest BCUT2D eigenvalue weighted by Crippen LogP contribution is -2.44. The second-order valence-corrected chi connectivity index (χ2v) is 6.49. The van der Waals surface area contributed by atoms with E-state index < -0.39 is 0 Å². The Bertz CT molecular complexity index is 697. The number of rotatable bonds is 5. The van der Waals surface area contributed by atoms with Crippen LogP contribution in [0.5, 0.6) is 0 Å². The topological polar surface area (TPSA) is 70.6 Å². The molecular formula is C20H24N2O3. The van der Waals surface area contributed by atoms with Crippen molar-refractivity contribution in [1.82, 2.24) is 5.32 Å². The lowest BCUT2D eigenvalue weighted by molar-refractivity contribution is -0.0136. The number of aliphatic hydroxyl groups is 1. The van der Waals surface area contributed by atoms with Crippen LogP contribution in [0.15, 0.2) is 54.6 Å². The van der Waals surface area contributed by atoms with Crippen molar-refractivity contribution in [1.29, 1.82) is 0 Å². The van der Waals surface area contributed by atoms with Gasteiger partial charge in [-0.25, -0.2) is 4.79 Å². The molecule has 0 bridgehead atoms. The minimum absolute atomic E-state index is 0.0528. The molecule has 1 saturated heterocycles. The highest BCUT2D eigenvalue weighted by atomic mass is 16.5. The van der Waals surface area contributed by atoms with Gasteiger partial charge in [-0.3, -0.25) is 0 Å². The van der Waals surface area contributed by atoms with Crippen LogP contribution in [0, 0.1) is 5.41 Å². The van der Waals surface area contributed by atoms with Gasteiger partial charge in [-0.2, -0.15) is 0 Å². The first-order valence-corrected chi connectivity index (χ1v) is 8.60. The molecule has 2 aromatic rings. The lowest BCUT2D eigenvalue weighted by atomic mass is 9.81. The van der Waals surface area contributed by atoms with Crippen LogP contribution in [0.1, 0.15) is 12.8 Å². The Morgan fingerprint density at radius 2 is 1.72 bits per heavy atom. The van der Waals surface area contributed by atoms with Crippen molar-refractivity contribution < 1.29 is 14.6 Å². The Hall–Kier alpha value is -2.37. The molecule has 0 unspecified atom stereocenters. The number of anilines is 1. The van der Waals surface area contributed by atoms with E-state index in [9.17, 15) is 9.90 Å². The van der Waals surface area contributed by atoms with Crippen molar-refractivity contribution in [3.8, 4) is 11.1 Å². The van der Waals surface area contributed by atoms with E-state index in [1.54, 1.807) is 0 Å². The van der Waals surface area contributed by atoms with Crippen LogP contribution in [-0.2, 0) is 4.74 Å². The summed E-state index contributed by atoms with van der Waals surface area (Å²) in [4.78, 5) is 12.4. The summed E-state index contributed by atoms with van der Waals surface area (Å²) in [6.07, 6.45) is 1.51. The second-order valence-electron chi connectivity index (χ2n) is 6.49. The number of carbonyl (C=O) groups excluding carboxylic acids is 1. The molecule has 0 aliphatic carbocycles. The number of para-hydroxylation sites is 1. The highest BCUT2D eigenvalue weighted by molar-refractivity contribution is 5.94. The number of benzene rings is 2. The number of hydrogen-bond donors (Lipinski definition) is 3. The van der Waals surface area contributed by atoms with Gasteiger partial charge in [0, 0.05) is 30.7 Å². The Morgan fingerprint density at radius 3 is 2.44 bits per heavy atom. The van der Waals surface area contributed by atoms with E-state index in [0.717, 1.165) is 29.7 Å². The Kier molecular flexibility index (Phi) is 5.68. The van der Waals surface area contributed by atoms with Gasteiger partial charge in [0.05, 0.1) is 12.3 Å². The first kappa shape index (κ1) is 17.5. The molecule has 0 aromatic heterocycles. The monoisotopic (exact) mass is 340 g/mol. The van der Waals surface area contributed by atoms with Crippen LogP contribution >= 0.6 is 0 Å². The number of carbonyl (C=O) groups is 1. The molecule has 1 aliphatic heterocycles. The fourth-order valence-electron chi connectivity index (χ4n) is 3.09. The third kappa shape index (κ3) is 4.38. The highest BCUT2D eigenvalue weighted by Crippen LogP contribution is 2.30. The number of aliphatic hydroxyl groups excluding tert-OH is 1. The zero-order valence-corrected chi connectivity index (χ0v) is 14.2. The van der Waals surface area contributed by atoms with E-state index in [-0.39, 0.29) is 18.1 Å². The quantitative estimate of drug-likeness (QED) is 0.782. The smallest absolute Gasteiger partial charge is 0.319 e. The van der Waals surface area contributed by atoms with Crippen LogP contribution in [0.2, 0.25) is 0 Å². The summed E-state index contributed by atoms with van der Waals surface area (Å²) in [5, 5.41) is 15.5. The van der Waals surface area contributed by atoms with Gasteiger partial charge < -0.3 is 20.5 Å². The number of nitrogens with one attached hydrogen (secondary N) is 2. The van der Waals surface area contributed by atoms with Crippen molar-refractivity contribution >= 4 is 11.7 Å². The van der Waals surface area contributed by atoms with Gasteiger partial charge in [-0.05, 0) is 24.5 Å². The minimum Gasteiger partial charge on any atom is -0.396 e. The van der Waals surface area contributed by atoms with Gasteiger partial charge in [0.2, 0.25) is 0 Å². The highest BCUT2D eigenvalue weighted by Gasteiger charge is 2.32.